The van der Waals surface area contributed by atoms with E-state index in [2.05, 4.69) is 74.2 Å². The minimum Gasteiger partial charge on any atom is -0.223 e. The van der Waals surface area contributed by atoms with Gasteiger partial charge in [0.1, 0.15) is 0 Å². The van der Waals surface area contributed by atoms with E-state index in [0.717, 1.165) is 0 Å². The summed E-state index contributed by atoms with van der Waals surface area (Å²) in [6, 6.07) is 17.4. The topological polar surface area (TPSA) is 0 Å². The van der Waals surface area contributed by atoms with Gasteiger partial charge in [0.25, 0.3) is 0 Å². The number of aryl methyl sites for hydroxylation is 1. The molecule has 2 aromatic carbocycles. The Hall–Kier alpha value is -1.21. The van der Waals surface area contributed by atoms with Crippen LogP contribution in [-0.2, 0) is 0 Å². The van der Waals surface area contributed by atoms with E-state index in [-0.39, 0.29) is 0 Å². The first-order valence-electron chi connectivity index (χ1n) is 5.83. The molecular formula is C16H20S. The van der Waals surface area contributed by atoms with E-state index in [4.69, 9.17) is 0 Å². The van der Waals surface area contributed by atoms with Gasteiger partial charge in [-0.05, 0) is 53.3 Å². The lowest BCUT2D eigenvalue weighted by Gasteiger charge is -2.29. The molecule has 17 heavy (non-hydrogen) atoms. The first kappa shape index (κ1) is 12.3. The minimum absolute atomic E-state index is 0.698. The third-order valence-electron chi connectivity index (χ3n) is 2.98. The van der Waals surface area contributed by atoms with E-state index in [1.54, 1.807) is 0 Å². The first-order chi connectivity index (χ1) is 8.00. The zero-order valence-corrected chi connectivity index (χ0v) is 11.8. The third-order valence-corrected chi connectivity index (χ3v) is 4.66. The lowest BCUT2D eigenvalue weighted by atomic mass is 10.0. The summed E-state index contributed by atoms with van der Waals surface area (Å²) < 4.78 is 0. The second-order valence-corrected chi connectivity index (χ2v) is 9.26. The molecule has 0 fully saturated rings. The predicted molar refractivity (Wildman–Crippen MR) is 80.2 cm³/mol. The Morgan fingerprint density at radius 1 is 0.706 bits per heavy atom. The van der Waals surface area contributed by atoms with Crippen molar-refractivity contribution in [3.05, 3.63) is 54.1 Å². The molecule has 0 saturated heterocycles. The highest BCUT2D eigenvalue weighted by Gasteiger charge is 2.14. The molecule has 0 N–H and O–H groups in total. The van der Waals surface area contributed by atoms with Gasteiger partial charge in [0, 0.05) is 0 Å². The van der Waals surface area contributed by atoms with Crippen LogP contribution in [-0.4, -0.2) is 18.8 Å². The van der Waals surface area contributed by atoms with Crippen LogP contribution >= 0.6 is 10.0 Å². The van der Waals surface area contributed by atoms with Gasteiger partial charge in [-0.15, -0.1) is 0 Å². The highest BCUT2D eigenvalue weighted by molar-refractivity contribution is 8.32. The number of hydrogen-bond acceptors (Lipinski definition) is 0. The molecule has 2 rings (SSSR count). The Kier molecular flexibility index (Phi) is 3.30. The van der Waals surface area contributed by atoms with Gasteiger partial charge in [-0.1, -0.05) is 42.5 Å². The fourth-order valence-corrected chi connectivity index (χ4v) is 3.42. The second-order valence-electron chi connectivity index (χ2n) is 5.15. The van der Waals surface area contributed by atoms with Crippen LogP contribution in [0.5, 0.6) is 0 Å². The van der Waals surface area contributed by atoms with Crippen molar-refractivity contribution in [3.63, 3.8) is 0 Å². The number of benzene rings is 2. The summed E-state index contributed by atoms with van der Waals surface area (Å²) in [5, 5.41) is 0. The van der Waals surface area contributed by atoms with Gasteiger partial charge >= 0.3 is 0 Å². The summed E-state index contributed by atoms with van der Waals surface area (Å²) in [5.74, 6) is 0. The quantitative estimate of drug-likeness (QED) is 0.717. The molecule has 0 spiro atoms. The van der Waals surface area contributed by atoms with Crippen molar-refractivity contribution in [3.8, 4) is 11.1 Å². The second kappa shape index (κ2) is 4.58. The van der Waals surface area contributed by atoms with Gasteiger partial charge in [-0.25, -0.2) is 10.0 Å². The fourth-order valence-electron chi connectivity index (χ4n) is 2.10. The van der Waals surface area contributed by atoms with Crippen LogP contribution < -0.4 is 0 Å². The van der Waals surface area contributed by atoms with E-state index in [9.17, 15) is 0 Å². The van der Waals surface area contributed by atoms with Crippen LogP contribution in [0.15, 0.2) is 53.4 Å². The van der Waals surface area contributed by atoms with E-state index >= 15 is 0 Å². The van der Waals surface area contributed by atoms with Crippen molar-refractivity contribution in [2.45, 2.75) is 11.8 Å². The van der Waals surface area contributed by atoms with E-state index < -0.39 is 10.0 Å². The summed E-state index contributed by atoms with van der Waals surface area (Å²) >= 11 is 0. The molecule has 0 aliphatic heterocycles. The highest BCUT2D eigenvalue weighted by atomic mass is 32.3. The van der Waals surface area contributed by atoms with Gasteiger partial charge in [-0.2, -0.15) is 0 Å². The van der Waals surface area contributed by atoms with E-state index in [0.29, 0.717) is 0 Å². The fraction of sp³-hybridized carbons (Fsp3) is 0.250. The average molecular weight is 244 g/mol. The van der Waals surface area contributed by atoms with Crippen LogP contribution in [0.3, 0.4) is 0 Å². The Morgan fingerprint density at radius 2 is 1.24 bits per heavy atom. The Bertz CT molecular complexity index is 521. The molecule has 0 saturated carbocycles. The molecule has 2 aromatic rings. The monoisotopic (exact) mass is 244 g/mol. The van der Waals surface area contributed by atoms with Crippen molar-refractivity contribution in [2.75, 3.05) is 18.8 Å². The average Bonchev–Trinajstić information content (AvgIpc) is 2.28. The lowest BCUT2D eigenvalue weighted by Crippen LogP contribution is -1.96. The Balaban J connectivity index is 2.65. The van der Waals surface area contributed by atoms with Crippen molar-refractivity contribution < 1.29 is 0 Å². The molecule has 0 aromatic heterocycles. The summed E-state index contributed by atoms with van der Waals surface area (Å²) in [4.78, 5) is 1.49. The molecule has 0 bridgehead atoms. The molecular weight excluding hydrogens is 224 g/mol. The number of hydrogen-bond donors (Lipinski definition) is 0. The maximum Gasteiger partial charge on any atom is -0.00274 e. The molecule has 0 heterocycles. The van der Waals surface area contributed by atoms with Gasteiger partial charge in [0.15, 0.2) is 0 Å². The molecule has 1 heteroatoms. The molecule has 0 radical (unpaired) electrons. The molecule has 0 unspecified atom stereocenters. The Labute approximate surface area is 106 Å². The van der Waals surface area contributed by atoms with Crippen LogP contribution in [0.1, 0.15) is 5.56 Å². The summed E-state index contributed by atoms with van der Waals surface area (Å²) in [5.41, 5.74) is 4.11. The van der Waals surface area contributed by atoms with Crippen molar-refractivity contribution in [2.24, 2.45) is 0 Å². The molecule has 90 valence electrons. The largest absolute Gasteiger partial charge is 0.223 e. The van der Waals surface area contributed by atoms with Crippen LogP contribution in [0.25, 0.3) is 11.1 Å². The van der Waals surface area contributed by atoms with Gasteiger partial charge in [0.2, 0.25) is 0 Å². The molecule has 0 aliphatic rings. The lowest BCUT2D eigenvalue weighted by molar-refractivity contribution is 1.38. The molecule has 0 atom stereocenters. The third kappa shape index (κ3) is 2.55. The number of rotatable bonds is 2. The molecule has 0 amide bonds. The van der Waals surface area contributed by atoms with Crippen LogP contribution in [0.4, 0.5) is 0 Å². The summed E-state index contributed by atoms with van der Waals surface area (Å²) in [6.45, 7) is 2.18. The summed E-state index contributed by atoms with van der Waals surface area (Å²) in [7, 11) is -0.698. The Morgan fingerprint density at radius 3 is 1.82 bits per heavy atom. The van der Waals surface area contributed by atoms with Crippen LogP contribution in [0.2, 0.25) is 0 Å². The minimum atomic E-state index is -0.698. The van der Waals surface area contributed by atoms with Crippen molar-refractivity contribution >= 4 is 10.0 Å². The predicted octanol–water partition coefficient (Wildman–Crippen LogP) is 4.71. The summed E-state index contributed by atoms with van der Waals surface area (Å²) in [6.07, 6.45) is 7.05. The smallest absolute Gasteiger partial charge is 0.00274 e. The van der Waals surface area contributed by atoms with Crippen molar-refractivity contribution in [1.29, 1.82) is 0 Å². The zero-order chi connectivity index (χ0) is 12.5. The van der Waals surface area contributed by atoms with E-state index in [1.807, 2.05) is 0 Å². The normalized spacial score (nSPS) is 12.5. The standard InChI is InChI=1S/C16H20S/c1-13-9-5-6-10-14(13)15-11-7-8-12-16(15)17(2,3)4/h5-12H,1-4H3. The maximum absolute atomic E-state index is 2.35. The first-order valence-corrected chi connectivity index (χ1v) is 8.69. The highest BCUT2D eigenvalue weighted by Crippen LogP contribution is 2.49. The molecule has 0 aliphatic carbocycles. The SMILES string of the molecule is Cc1ccccc1-c1ccccc1S(C)(C)C. The van der Waals surface area contributed by atoms with Gasteiger partial charge in [0.05, 0.1) is 0 Å². The maximum atomic E-state index is 2.35. The van der Waals surface area contributed by atoms with Gasteiger partial charge in [-0.3, -0.25) is 0 Å². The zero-order valence-electron chi connectivity index (χ0n) is 11.0. The van der Waals surface area contributed by atoms with Crippen LogP contribution in [0, 0.1) is 6.92 Å². The van der Waals surface area contributed by atoms with Gasteiger partial charge < -0.3 is 0 Å². The molecule has 0 nitrogen and oxygen atoms in total. The van der Waals surface area contributed by atoms with E-state index in [1.165, 1.54) is 21.6 Å². The van der Waals surface area contributed by atoms with Crippen molar-refractivity contribution in [1.82, 2.24) is 0 Å².